The van der Waals surface area contributed by atoms with Crippen LogP contribution in [0.3, 0.4) is 0 Å². The minimum Gasteiger partial charge on any atom is -0.481 e. The van der Waals surface area contributed by atoms with Gasteiger partial charge in [-0.2, -0.15) is 0 Å². The molecule has 0 aliphatic carbocycles. The number of rotatable bonds is 5. The van der Waals surface area contributed by atoms with Gasteiger partial charge in [0.15, 0.2) is 0 Å². The maximum Gasteiger partial charge on any atom is 0.306 e. The smallest absolute Gasteiger partial charge is 0.306 e. The summed E-state index contributed by atoms with van der Waals surface area (Å²) in [5.74, 6) is -1.71. The van der Waals surface area contributed by atoms with Gasteiger partial charge in [0.2, 0.25) is 0 Å². The molecule has 0 bridgehead atoms. The molecule has 2 N–H and O–H groups in total. The second-order valence-electron chi connectivity index (χ2n) is 3.91. The number of carboxylic acid groups (broad SMARTS) is 1. The highest BCUT2D eigenvalue weighted by atomic mass is 35.5. The molecular weight excluding hydrogens is 277 g/mol. The summed E-state index contributed by atoms with van der Waals surface area (Å²) in [6.45, 7) is 1.87. The number of nitrogens with one attached hydrogen (secondary N) is 1. The van der Waals surface area contributed by atoms with Crippen LogP contribution in [0.2, 0.25) is 10.0 Å². The number of amides is 1. The monoisotopic (exact) mass is 289 g/mol. The van der Waals surface area contributed by atoms with Crippen LogP contribution in [0.4, 0.5) is 0 Å². The zero-order chi connectivity index (χ0) is 13.7. The third-order valence-electron chi connectivity index (χ3n) is 2.46. The Hall–Kier alpha value is -1.26. The van der Waals surface area contributed by atoms with Crippen molar-refractivity contribution in [2.45, 2.75) is 13.3 Å². The molecule has 1 rings (SSSR count). The molecule has 0 fully saturated rings. The molecule has 0 aliphatic heterocycles. The summed E-state index contributed by atoms with van der Waals surface area (Å²) in [6, 6.07) is 4.58. The van der Waals surface area contributed by atoms with Gasteiger partial charge < -0.3 is 10.4 Å². The van der Waals surface area contributed by atoms with Crippen molar-refractivity contribution in [3.8, 4) is 0 Å². The zero-order valence-electron chi connectivity index (χ0n) is 9.74. The molecule has 0 radical (unpaired) electrons. The van der Waals surface area contributed by atoms with Gasteiger partial charge in [0.05, 0.1) is 16.5 Å². The lowest BCUT2D eigenvalue weighted by atomic mass is 10.1. The maximum atomic E-state index is 11.7. The van der Waals surface area contributed by atoms with Crippen LogP contribution in [-0.2, 0) is 4.79 Å². The summed E-state index contributed by atoms with van der Waals surface area (Å²) in [7, 11) is 0. The molecule has 0 aromatic heterocycles. The molecule has 1 amide bonds. The first-order valence-corrected chi connectivity index (χ1v) is 6.13. The Balaban J connectivity index is 2.53. The van der Waals surface area contributed by atoms with Gasteiger partial charge in [-0.15, -0.1) is 0 Å². The fraction of sp³-hybridized carbons (Fsp3) is 0.333. The highest BCUT2D eigenvalue weighted by Crippen LogP contribution is 2.20. The van der Waals surface area contributed by atoms with E-state index in [0.717, 1.165) is 0 Å². The predicted octanol–water partition coefficient (Wildman–Crippen LogP) is 2.83. The van der Waals surface area contributed by atoms with Crippen LogP contribution >= 0.6 is 23.2 Å². The van der Waals surface area contributed by atoms with Crippen molar-refractivity contribution >= 4 is 35.1 Å². The molecule has 1 atom stereocenters. The van der Waals surface area contributed by atoms with Gasteiger partial charge in [0, 0.05) is 11.6 Å². The lowest BCUT2D eigenvalue weighted by Crippen LogP contribution is -2.27. The standard InChI is InChI=1S/C12H13Cl2NO3/c1-7(12(17)18)4-5-15-11(16)9-3-2-8(13)6-10(9)14/h2-3,6-7H,4-5H2,1H3,(H,15,16)(H,17,18). The van der Waals surface area contributed by atoms with Crippen molar-refractivity contribution in [2.24, 2.45) is 5.92 Å². The first-order chi connectivity index (χ1) is 8.41. The molecule has 1 aromatic rings. The van der Waals surface area contributed by atoms with Gasteiger partial charge in [-0.25, -0.2) is 0 Å². The summed E-state index contributed by atoms with van der Waals surface area (Å²) < 4.78 is 0. The molecule has 1 aromatic carbocycles. The van der Waals surface area contributed by atoms with Crippen molar-refractivity contribution in [1.29, 1.82) is 0 Å². The SMILES string of the molecule is CC(CCNC(=O)c1ccc(Cl)cc1Cl)C(=O)O. The van der Waals surface area contributed by atoms with Crippen LogP contribution in [-0.4, -0.2) is 23.5 Å². The van der Waals surface area contributed by atoms with Crippen LogP contribution in [0, 0.1) is 5.92 Å². The highest BCUT2D eigenvalue weighted by Gasteiger charge is 2.13. The molecular formula is C12H13Cl2NO3. The van der Waals surface area contributed by atoms with Crippen molar-refractivity contribution in [1.82, 2.24) is 5.32 Å². The first kappa shape index (κ1) is 14.8. The van der Waals surface area contributed by atoms with Crippen molar-refractivity contribution < 1.29 is 14.7 Å². The van der Waals surface area contributed by atoms with Gasteiger partial charge in [0.25, 0.3) is 5.91 Å². The summed E-state index contributed by atoms with van der Waals surface area (Å²) in [5.41, 5.74) is 0.323. The molecule has 0 saturated heterocycles. The molecule has 1 unspecified atom stereocenters. The normalized spacial score (nSPS) is 11.9. The molecule has 0 aliphatic rings. The molecule has 18 heavy (non-hydrogen) atoms. The van der Waals surface area contributed by atoms with E-state index in [1.807, 2.05) is 0 Å². The van der Waals surface area contributed by atoms with Gasteiger partial charge in [-0.1, -0.05) is 30.1 Å². The summed E-state index contributed by atoms with van der Waals surface area (Å²) in [4.78, 5) is 22.3. The summed E-state index contributed by atoms with van der Waals surface area (Å²) in [5, 5.41) is 12.0. The molecule has 4 nitrogen and oxygen atoms in total. The fourth-order valence-electron chi connectivity index (χ4n) is 1.29. The Morgan fingerprint density at radius 3 is 2.61 bits per heavy atom. The van der Waals surface area contributed by atoms with Gasteiger partial charge in [-0.3, -0.25) is 9.59 Å². The molecule has 0 heterocycles. The first-order valence-electron chi connectivity index (χ1n) is 5.38. The average molecular weight is 290 g/mol. The largest absolute Gasteiger partial charge is 0.481 e. The fourth-order valence-corrected chi connectivity index (χ4v) is 1.79. The van der Waals surface area contributed by atoms with E-state index in [2.05, 4.69) is 5.32 Å². The third kappa shape index (κ3) is 4.20. The van der Waals surface area contributed by atoms with Crippen LogP contribution in [0.15, 0.2) is 18.2 Å². The van der Waals surface area contributed by atoms with Crippen molar-refractivity contribution in [3.63, 3.8) is 0 Å². The minimum atomic E-state index is -0.881. The average Bonchev–Trinajstić information content (AvgIpc) is 2.28. The second kappa shape index (κ2) is 6.61. The number of benzene rings is 1. The van der Waals surface area contributed by atoms with Crippen LogP contribution in [0.25, 0.3) is 0 Å². The Kier molecular flexibility index (Phi) is 5.44. The third-order valence-corrected chi connectivity index (χ3v) is 3.01. The lowest BCUT2D eigenvalue weighted by molar-refractivity contribution is -0.141. The van der Waals surface area contributed by atoms with E-state index >= 15 is 0 Å². The van der Waals surface area contributed by atoms with E-state index in [1.54, 1.807) is 13.0 Å². The van der Waals surface area contributed by atoms with Crippen LogP contribution < -0.4 is 5.32 Å². The highest BCUT2D eigenvalue weighted by molar-refractivity contribution is 6.36. The molecule has 98 valence electrons. The number of aliphatic carboxylic acids is 1. The Bertz CT molecular complexity index is 463. The van der Waals surface area contributed by atoms with Crippen molar-refractivity contribution in [2.75, 3.05) is 6.54 Å². The Labute approximate surface area is 115 Å². The maximum absolute atomic E-state index is 11.7. The quantitative estimate of drug-likeness (QED) is 0.876. The van der Waals surface area contributed by atoms with E-state index < -0.39 is 11.9 Å². The molecule has 0 spiro atoms. The van der Waals surface area contributed by atoms with E-state index in [4.69, 9.17) is 28.3 Å². The summed E-state index contributed by atoms with van der Waals surface area (Å²) >= 11 is 11.6. The number of hydrogen-bond acceptors (Lipinski definition) is 2. The van der Waals surface area contributed by atoms with E-state index in [0.29, 0.717) is 17.0 Å². The molecule has 0 saturated carbocycles. The second-order valence-corrected chi connectivity index (χ2v) is 4.75. The molecule has 6 heteroatoms. The predicted molar refractivity (Wildman–Crippen MR) is 70.2 cm³/mol. The minimum absolute atomic E-state index is 0.270. The summed E-state index contributed by atoms with van der Waals surface area (Å²) in [6.07, 6.45) is 0.367. The van der Waals surface area contributed by atoms with E-state index in [-0.39, 0.29) is 17.5 Å². The van der Waals surface area contributed by atoms with Gasteiger partial charge >= 0.3 is 5.97 Å². The van der Waals surface area contributed by atoms with E-state index in [9.17, 15) is 9.59 Å². The Morgan fingerprint density at radius 1 is 1.39 bits per heavy atom. The lowest BCUT2D eigenvalue weighted by Gasteiger charge is -2.09. The van der Waals surface area contributed by atoms with Crippen LogP contribution in [0.5, 0.6) is 0 Å². The number of carboxylic acids is 1. The van der Waals surface area contributed by atoms with Crippen LogP contribution in [0.1, 0.15) is 23.7 Å². The van der Waals surface area contributed by atoms with Gasteiger partial charge in [-0.05, 0) is 24.6 Å². The Morgan fingerprint density at radius 2 is 2.06 bits per heavy atom. The number of halogens is 2. The zero-order valence-corrected chi connectivity index (χ0v) is 11.3. The van der Waals surface area contributed by atoms with Gasteiger partial charge in [0.1, 0.15) is 0 Å². The van der Waals surface area contributed by atoms with E-state index in [1.165, 1.54) is 12.1 Å². The topological polar surface area (TPSA) is 66.4 Å². The number of carbonyl (C=O) groups is 2. The number of carbonyl (C=O) groups excluding carboxylic acids is 1. The number of hydrogen-bond donors (Lipinski definition) is 2. The van der Waals surface area contributed by atoms with Crippen molar-refractivity contribution in [3.05, 3.63) is 33.8 Å².